The van der Waals surface area contributed by atoms with Gasteiger partial charge >= 0.3 is 6.03 Å². The van der Waals surface area contributed by atoms with Gasteiger partial charge in [0.05, 0.1) is 6.54 Å². The Balaban J connectivity index is 1.92. The maximum Gasteiger partial charge on any atom is 0.359 e. The van der Waals surface area contributed by atoms with Crippen LogP contribution in [0.2, 0.25) is 0 Å². The minimum Gasteiger partial charge on any atom is -0.385 e. The van der Waals surface area contributed by atoms with Gasteiger partial charge in [-0.05, 0) is 0 Å². The molecule has 1 unspecified atom stereocenters. The van der Waals surface area contributed by atoms with E-state index >= 15 is 0 Å². The molecule has 0 saturated carbocycles. The molecular formula is C18H22N3O2+. The van der Waals surface area contributed by atoms with Crippen LogP contribution in [0.1, 0.15) is 11.1 Å². The van der Waals surface area contributed by atoms with Gasteiger partial charge in [-0.15, -0.1) is 0 Å². The molecule has 0 spiro atoms. The van der Waals surface area contributed by atoms with E-state index in [2.05, 4.69) is 10.7 Å². The number of aliphatic hydroxyl groups excluding tert-OH is 1. The second-order valence-electron chi connectivity index (χ2n) is 6.09. The number of carbonyl (C=O) groups excluding carboxylic acids is 1. The molecule has 1 aliphatic heterocycles. The summed E-state index contributed by atoms with van der Waals surface area (Å²) in [4.78, 5) is 12.1. The molecule has 1 heterocycles. The zero-order chi connectivity index (χ0) is 16.1. The molecule has 5 heteroatoms. The van der Waals surface area contributed by atoms with E-state index < -0.39 is 6.10 Å². The molecule has 3 N–H and O–H groups in total. The van der Waals surface area contributed by atoms with Crippen LogP contribution in [0.5, 0.6) is 0 Å². The maximum absolute atomic E-state index is 12.1. The van der Waals surface area contributed by atoms with Gasteiger partial charge in [-0.3, -0.25) is 0 Å². The fourth-order valence-corrected chi connectivity index (χ4v) is 3.11. The number of urea groups is 1. The lowest BCUT2D eigenvalue weighted by Gasteiger charge is -2.37. The summed E-state index contributed by atoms with van der Waals surface area (Å²) < 4.78 is 0.293. The molecule has 1 atom stereocenters. The molecule has 1 fully saturated rings. The lowest BCUT2D eigenvalue weighted by Crippen LogP contribution is -2.60. The van der Waals surface area contributed by atoms with Crippen LogP contribution >= 0.6 is 0 Å². The van der Waals surface area contributed by atoms with Crippen molar-refractivity contribution in [3.05, 3.63) is 71.8 Å². The zero-order valence-corrected chi connectivity index (χ0v) is 13.0. The van der Waals surface area contributed by atoms with E-state index in [0.717, 1.165) is 11.1 Å². The summed E-state index contributed by atoms with van der Waals surface area (Å²) in [6.45, 7) is 1.98. The Morgan fingerprint density at radius 2 is 1.48 bits per heavy atom. The van der Waals surface area contributed by atoms with E-state index in [9.17, 15) is 9.90 Å². The Morgan fingerprint density at radius 1 is 0.957 bits per heavy atom. The number of quaternary nitrogens is 1. The Labute approximate surface area is 136 Å². The number of β-amino-alcohol motifs (C(OH)–C–C–N with tert-alkyl or cyclic N) is 1. The summed E-state index contributed by atoms with van der Waals surface area (Å²) in [6.07, 6.45) is -0.582. The molecule has 23 heavy (non-hydrogen) atoms. The number of hydrogen-bond acceptors (Lipinski definition) is 2. The molecule has 120 valence electrons. The monoisotopic (exact) mass is 312 g/mol. The Morgan fingerprint density at radius 3 is 2.00 bits per heavy atom. The summed E-state index contributed by atoms with van der Waals surface area (Å²) in [5.74, 6) is 0. The van der Waals surface area contributed by atoms with E-state index in [-0.39, 0.29) is 12.6 Å². The molecule has 0 aromatic heterocycles. The molecule has 1 aliphatic rings. The van der Waals surface area contributed by atoms with Crippen molar-refractivity contribution in [1.29, 1.82) is 0 Å². The van der Waals surface area contributed by atoms with Crippen LogP contribution in [0.25, 0.3) is 0 Å². The van der Waals surface area contributed by atoms with Crippen molar-refractivity contribution in [2.75, 3.05) is 13.1 Å². The van der Waals surface area contributed by atoms with Gasteiger partial charge in [-0.2, -0.15) is 5.43 Å². The van der Waals surface area contributed by atoms with E-state index in [1.165, 1.54) is 0 Å². The van der Waals surface area contributed by atoms with Crippen molar-refractivity contribution in [1.82, 2.24) is 10.7 Å². The molecule has 0 radical (unpaired) electrons. The van der Waals surface area contributed by atoms with Crippen molar-refractivity contribution < 1.29 is 14.5 Å². The maximum atomic E-state index is 12.1. The van der Waals surface area contributed by atoms with Crippen LogP contribution in [-0.2, 0) is 13.1 Å². The summed E-state index contributed by atoms with van der Waals surface area (Å²) in [5, 5.41) is 12.9. The minimum atomic E-state index is -0.582. The highest BCUT2D eigenvalue weighted by atomic mass is 16.3. The third-order valence-corrected chi connectivity index (χ3v) is 4.05. The first-order chi connectivity index (χ1) is 11.2. The fourth-order valence-electron chi connectivity index (χ4n) is 3.11. The number of carbonyl (C=O) groups is 1. The van der Waals surface area contributed by atoms with Crippen molar-refractivity contribution in [3.8, 4) is 0 Å². The quantitative estimate of drug-likeness (QED) is 0.754. The Kier molecular flexibility index (Phi) is 4.60. The molecule has 2 amide bonds. The van der Waals surface area contributed by atoms with Crippen LogP contribution in [0.4, 0.5) is 4.79 Å². The molecule has 0 bridgehead atoms. The van der Waals surface area contributed by atoms with E-state index in [4.69, 9.17) is 0 Å². The number of nitrogens with zero attached hydrogens (tertiary/aromatic N) is 1. The van der Waals surface area contributed by atoms with E-state index in [1.54, 1.807) is 0 Å². The van der Waals surface area contributed by atoms with Gasteiger partial charge in [0.2, 0.25) is 0 Å². The largest absolute Gasteiger partial charge is 0.385 e. The van der Waals surface area contributed by atoms with E-state index in [0.29, 0.717) is 24.2 Å². The van der Waals surface area contributed by atoms with Crippen LogP contribution in [0.15, 0.2) is 60.7 Å². The first-order valence-corrected chi connectivity index (χ1v) is 7.83. The summed E-state index contributed by atoms with van der Waals surface area (Å²) in [5.41, 5.74) is 5.29. The lowest BCUT2D eigenvalue weighted by molar-refractivity contribution is -0.987. The summed E-state index contributed by atoms with van der Waals surface area (Å²) in [6, 6.07) is 19.8. The van der Waals surface area contributed by atoms with Gasteiger partial charge in [-0.1, -0.05) is 60.7 Å². The fraction of sp³-hybridized carbons (Fsp3) is 0.278. The molecule has 5 nitrogen and oxygen atoms in total. The smallest absolute Gasteiger partial charge is 0.359 e. The SMILES string of the molecule is O=C1NCC(O)C[N+](Cc2ccccc2)(Cc2ccccc2)N1. The summed E-state index contributed by atoms with van der Waals surface area (Å²) in [7, 11) is 0. The molecule has 0 aliphatic carbocycles. The molecule has 2 aromatic rings. The molecule has 3 rings (SSSR count). The standard InChI is InChI=1S/C18H21N3O2/c22-17-11-19-18(23)20-21(14-17,12-15-7-3-1-4-8-15)13-16-9-5-2-6-10-16/h1-10,17,22H,11-14H2,(H-,19,20,23)/p+1. The van der Waals surface area contributed by atoms with Crippen LogP contribution in [-0.4, -0.2) is 34.9 Å². The number of hydrogen-bond donors (Lipinski definition) is 3. The van der Waals surface area contributed by atoms with Crippen LogP contribution < -0.4 is 10.7 Å². The number of nitrogens with one attached hydrogen (secondary N) is 2. The average Bonchev–Trinajstić information content (AvgIpc) is 2.67. The van der Waals surface area contributed by atoms with E-state index in [1.807, 2.05) is 60.7 Å². The lowest BCUT2D eigenvalue weighted by atomic mass is 10.1. The zero-order valence-electron chi connectivity index (χ0n) is 13.0. The molecule has 1 saturated heterocycles. The van der Waals surface area contributed by atoms with Gasteiger partial charge in [0.15, 0.2) is 0 Å². The second kappa shape index (κ2) is 6.81. The van der Waals surface area contributed by atoms with Crippen molar-refractivity contribution in [2.45, 2.75) is 19.2 Å². The summed E-state index contributed by atoms with van der Waals surface area (Å²) >= 11 is 0. The highest BCUT2D eigenvalue weighted by Crippen LogP contribution is 2.19. The van der Waals surface area contributed by atoms with Crippen molar-refractivity contribution >= 4 is 6.03 Å². The number of benzene rings is 2. The number of aliphatic hydroxyl groups is 1. The normalized spacial score (nSPS) is 20.2. The minimum absolute atomic E-state index is 0.242. The third-order valence-electron chi connectivity index (χ3n) is 4.05. The predicted octanol–water partition coefficient (Wildman–Crippen LogP) is 1.79. The van der Waals surface area contributed by atoms with Gasteiger partial charge in [0, 0.05) is 11.1 Å². The van der Waals surface area contributed by atoms with Gasteiger partial charge in [0.1, 0.15) is 25.7 Å². The molecule has 2 aromatic carbocycles. The first kappa shape index (κ1) is 15.5. The van der Waals surface area contributed by atoms with Gasteiger partial charge in [0.25, 0.3) is 0 Å². The first-order valence-electron chi connectivity index (χ1n) is 7.83. The van der Waals surface area contributed by atoms with Crippen molar-refractivity contribution in [2.24, 2.45) is 0 Å². The number of amides is 2. The Bertz CT molecular complexity index is 604. The van der Waals surface area contributed by atoms with Gasteiger partial charge in [-0.25, -0.2) is 9.39 Å². The third kappa shape index (κ3) is 4.09. The van der Waals surface area contributed by atoms with Gasteiger partial charge < -0.3 is 10.4 Å². The number of rotatable bonds is 4. The Hall–Kier alpha value is -2.37. The highest BCUT2D eigenvalue weighted by Gasteiger charge is 2.36. The van der Waals surface area contributed by atoms with Crippen molar-refractivity contribution in [3.63, 3.8) is 0 Å². The highest BCUT2D eigenvalue weighted by molar-refractivity contribution is 5.72. The predicted molar refractivity (Wildman–Crippen MR) is 88.0 cm³/mol. The topological polar surface area (TPSA) is 61.4 Å². The van der Waals surface area contributed by atoms with Crippen LogP contribution in [0.3, 0.4) is 0 Å². The second-order valence-corrected chi connectivity index (χ2v) is 6.09. The van der Waals surface area contributed by atoms with Crippen LogP contribution in [0, 0.1) is 0 Å². The average molecular weight is 312 g/mol. The molecular weight excluding hydrogens is 290 g/mol.